The van der Waals surface area contributed by atoms with Crippen LogP contribution in [0.4, 0.5) is 5.69 Å². The molecule has 1 aromatic heterocycles. The summed E-state index contributed by atoms with van der Waals surface area (Å²) in [5, 5.41) is 3.91. The van der Waals surface area contributed by atoms with Crippen LogP contribution < -0.4 is 5.32 Å². The Labute approximate surface area is 123 Å². The van der Waals surface area contributed by atoms with Crippen molar-refractivity contribution in [2.24, 2.45) is 0 Å². The molecule has 1 heterocycles. The van der Waals surface area contributed by atoms with Gasteiger partial charge >= 0.3 is 0 Å². The fourth-order valence-corrected chi connectivity index (χ4v) is 2.45. The van der Waals surface area contributed by atoms with Crippen molar-refractivity contribution in [3.05, 3.63) is 71.4 Å². The van der Waals surface area contributed by atoms with E-state index in [4.69, 9.17) is 0 Å². The van der Waals surface area contributed by atoms with Gasteiger partial charge in [-0.05, 0) is 38.1 Å². The predicted molar refractivity (Wildman–Crippen MR) is 85.6 cm³/mol. The lowest BCUT2D eigenvalue weighted by molar-refractivity contribution is 0.102. The lowest BCUT2D eigenvalue weighted by Gasteiger charge is -2.08. The van der Waals surface area contributed by atoms with Gasteiger partial charge in [-0.1, -0.05) is 35.4 Å². The Morgan fingerprint density at radius 2 is 1.71 bits per heavy atom. The molecule has 0 fully saturated rings. The molecule has 0 saturated heterocycles. The maximum atomic E-state index is 12.3. The molecule has 0 unspecified atom stereocenters. The minimum atomic E-state index is -0.112. The van der Waals surface area contributed by atoms with Gasteiger partial charge in [0.2, 0.25) is 0 Å². The molecule has 2 aromatic carbocycles. The molecule has 0 radical (unpaired) electrons. The van der Waals surface area contributed by atoms with E-state index in [1.54, 1.807) is 6.20 Å². The summed E-state index contributed by atoms with van der Waals surface area (Å²) in [5.41, 5.74) is 4.45. The van der Waals surface area contributed by atoms with Gasteiger partial charge in [0, 0.05) is 10.9 Å². The molecule has 3 rings (SSSR count). The van der Waals surface area contributed by atoms with Crippen LogP contribution >= 0.6 is 0 Å². The molecule has 3 aromatic rings. The SMILES string of the molecule is Cc1cc(C)cc(C(=O)Nc2cnc3ccccc3c2)c1. The van der Waals surface area contributed by atoms with Crippen molar-refractivity contribution in [3.63, 3.8) is 0 Å². The van der Waals surface area contributed by atoms with Gasteiger partial charge < -0.3 is 5.32 Å². The summed E-state index contributed by atoms with van der Waals surface area (Å²) in [5.74, 6) is -0.112. The van der Waals surface area contributed by atoms with E-state index in [1.807, 2.05) is 62.4 Å². The Morgan fingerprint density at radius 1 is 1.00 bits per heavy atom. The molecule has 21 heavy (non-hydrogen) atoms. The average molecular weight is 276 g/mol. The number of pyridine rings is 1. The number of hydrogen-bond donors (Lipinski definition) is 1. The highest BCUT2D eigenvalue weighted by atomic mass is 16.1. The van der Waals surface area contributed by atoms with Crippen molar-refractivity contribution in [2.75, 3.05) is 5.32 Å². The van der Waals surface area contributed by atoms with Crippen LogP contribution in [0.2, 0.25) is 0 Å². The molecule has 104 valence electrons. The van der Waals surface area contributed by atoms with Crippen LogP contribution in [-0.4, -0.2) is 10.9 Å². The lowest BCUT2D eigenvalue weighted by atomic mass is 10.1. The van der Waals surface area contributed by atoms with Crippen LogP contribution in [0, 0.1) is 13.8 Å². The molecular formula is C18H16N2O. The van der Waals surface area contributed by atoms with E-state index in [0.29, 0.717) is 11.3 Å². The minimum absolute atomic E-state index is 0.112. The largest absolute Gasteiger partial charge is 0.321 e. The van der Waals surface area contributed by atoms with E-state index < -0.39 is 0 Å². The van der Waals surface area contributed by atoms with Crippen molar-refractivity contribution in [1.82, 2.24) is 4.98 Å². The Balaban J connectivity index is 1.88. The van der Waals surface area contributed by atoms with Crippen LogP contribution in [0.5, 0.6) is 0 Å². The molecule has 0 saturated carbocycles. The fourth-order valence-electron chi connectivity index (χ4n) is 2.45. The zero-order chi connectivity index (χ0) is 14.8. The number of carbonyl (C=O) groups excluding carboxylic acids is 1. The number of fused-ring (bicyclic) bond motifs is 1. The van der Waals surface area contributed by atoms with Gasteiger partial charge in [-0.2, -0.15) is 0 Å². The van der Waals surface area contributed by atoms with Crippen molar-refractivity contribution in [1.29, 1.82) is 0 Å². The number of carbonyl (C=O) groups is 1. The first-order valence-corrected chi connectivity index (χ1v) is 6.86. The second-order valence-electron chi connectivity index (χ2n) is 5.25. The first kappa shape index (κ1) is 13.3. The Kier molecular flexibility index (Phi) is 3.40. The second-order valence-corrected chi connectivity index (χ2v) is 5.25. The molecule has 3 nitrogen and oxygen atoms in total. The number of nitrogens with zero attached hydrogens (tertiary/aromatic N) is 1. The number of anilines is 1. The number of para-hydroxylation sites is 1. The second kappa shape index (κ2) is 5.37. The Bertz CT molecular complexity index is 804. The standard InChI is InChI=1S/C18H16N2O/c1-12-7-13(2)9-15(8-12)18(21)20-16-10-14-5-3-4-6-17(14)19-11-16/h3-11H,1-2H3,(H,20,21). The quantitative estimate of drug-likeness (QED) is 0.765. The van der Waals surface area contributed by atoms with Gasteiger partial charge in [-0.3, -0.25) is 9.78 Å². The van der Waals surface area contributed by atoms with Crippen LogP contribution in [-0.2, 0) is 0 Å². The van der Waals surface area contributed by atoms with Crippen LogP contribution in [0.3, 0.4) is 0 Å². The van der Waals surface area contributed by atoms with Crippen molar-refractivity contribution >= 4 is 22.5 Å². The maximum Gasteiger partial charge on any atom is 0.255 e. The first-order valence-electron chi connectivity index (χ1n) is 6.86. The smallest absolute Gasteiger partial charge is 0.255 e. The molecule has 0 aliphatic rings. The number of rotatable bonds is 2. The third-order valence-electron chi connectivity index (χ3n) is 3.33. The fraction of sp³-hybridized carbons (Fsp3) is 0.111. The molecule has 1 amide bonds. The minimum Gasteiger partial charge on any atom is -0.321 e. The zero-order valence-electron chi connectivity index (χ0n) is 12.1. The highest BCUT2D eigenvalue weighted by Gasteiger charge is 2.08. The molecule has 0 aliphatic carbocycles. The van der Waals surface area contributed by atoms with E-state index in [1.165, 1.54) is 0 Å². The van der Waals surface area contributed by atoms with E-state index in [9.17, 15) is 4.79 Å². The van der Waals surface area contributed by atoms with Crippen LogP contribution in [0.25, 0.3) is 10.9 Å². The summed E-state index contributed by atoms with van der Waals surface area (Å²) in [4.78, 5) is 16.7. The van der Waals surface area contributed by atoms with Crippen LogP contribution in [0.1, 0.15) is 21.5 Å². The molecule has 0 atom stereocenters. The van der Waals surface area contributed by atoms with Gasteiger partial charge in [0.05, 0.1) is 17.4 Å². The topological polar surface area (TPSA) is 42.0 Å². The lowest BCUT2D eigenvalue weighted by Crippen LogP contribution is -2.12. The predicted octanol–water partition coefficient (Wildman–Crippen LogP) is 4.10. The third kappa shape index (κ3) is 2.92. The summed E-state index contributed by atoms with van der Waals surface area (Å²) < 4.78 is 0. The molecule has 3 heteroatoms. The highest BCUT2D eigenvalue weighted by Crippen LogP contribution is 2.17. The third-order valence-corrected chi connectivity index (χ3v) is 3.33. The summed E-state index contributed by atoms with van der Waals surface area (Å²) in [7, 11) is 0. The van der Waals surface area contributed by atoms with Crippen molar-refractivity contribution in [3.8, 4) is 0 Å². The summed E-state index contributed by atoms with van der Waals surface area (Å²) in [6.45, 7) is 3.97. The van der Waals surface area contributed by atoms with Crippen LogP contribution in [0.15, 0.2) is 54.7 Å². The summed E-state index contributed by atoms with van der Waals surface area (Å²) in [6, 6.07) is 15.6. The van der Waals surface area contributed by atoms with E-state index >= 15 is 0 Å². The Hall–Kier alpha value is -2.68. The van der Waals surface area contributed by atoms with Gasteiger partial charge in [-0.25, -0.2) is 0 Å². The highest BCUT2D eigenvalue weighted by molar-refractivity contribution is 6.05. The average Bonchev–Trinajstić information content (AvgIpc) is 2.46. The monoisotopic (exact) mass is 276 g/mol. The summed E-state index contributed by atoms with van der Waals surface area (Å²) >= 11 is 0. The van der Waals surface area contributed by atoms with Crippen molar-refractivity contribution < 1.29 is 4.79 Å². The number of benzene rings is 2. The number of aryl methyl sites for hydroxylation is 2. The Morgan fingerprint density at radius 3 is 2.48 bits per heavy atom. The first-order chi connectivity index (χ1) is 10.1. The molecule has 0 aliphatic heterocycles. The number of aromatic nitrogens is 1. The van der Waals surface area contributed by atoms with E-state index in [0.717, 1.165) is 22.0 Å². The van der Waals surface area contributed by atoms with E-state index in [-0.39, 0.29) is 5.91 Å². The molecular weight excluding hydrogens is 260 g/mol. The number of amides is 1. The summed E-state index contributed by atoms with van der Waals surface area (Å²) in [6.07, 6.45) is 1.68. The molecule has 0 spiro atoms. The van der Waals surface area contributed by atoms with Gasteiger partial charge in [0.25, 0.3) is 5.91 Å². The molecule has 1 N–H and O–H groups in total. The normalized spacial score (nSPS) is 10.6. The number of hydrogen-bond acceptors (Lipinski definition) is 2. The van der Waals surface area contributed by atoms with Gasteiger partial charge in [-0.15, -0.1) is 0 Å². The van der Waals surface area contributed by atoms with Gasteiger partial charge in [0.15, 0.2) is 0 Å². The number of nitrogens with one attached hydrogen (secondary N) is 1. The van der Waals surface area contributed by atoms with Gasteiger partial charge in [0.1, 0.15) is 0 Å². The molecule has 0 bridgehead atoms. The zero-order valence-corrected chi connectivity index (χ0v) is 12.1. The maximum absolute atomic E-state index is 12.3. The van der Waals surface area contributed by atoms with E-state index in [2.05, 4.69) is 10.3 Å². The van der Waals surface area contributed by atoms with Crippen molar-refractivity contribution in [2.45, 2.75) is 13.8 Å².